The molecular weight excluding hydrogens is 346 g/mol. The van der Waals surface area contributed by atoms with Gasteiger partial charge in [0.2, 0.25) is 0 Å². The predicted octanol–water partition coefficient (Wildman–Crippen LogP) is 3.27. The van der Waals surface area contributed by atoms with Crippen molar-refractivity contribution in [2.45, 2.75) is 26.2 Å². The second-order valence-electron chi connectivity index (χ2n) is 5.91. The molecule has 2 aromatic rings. The van der Waals surface area contributed by atoms with Gasteiger partial charge in [0.15, 0.2) is 0 Å². The number of hydrogen-bond donors (Lipinski definition) is 2. The molecule has 0 aliphatic rings. The molecule has 1 heterocycles. The third-order valence-electron chi connectivity index (χ3n) is 3.98. The topological polar surface area (TPSA) is 89.6 Å². The van der Waals surface area contributed by atoms with E-state index in [4.69, 9.17) is 9.47 Å². The van der Waals surface area contributed by atoms with E-state index in [9.17, 15) is 9.59 Å². The number of rotatable bonds is 9. The molecule has 7 heteroatoms. The highest BCUT2D eigenvalue weighted by atomic mass is 16.5. The van der Waals surface area contributed by atoms with Gasteiger partial charge in [0, 0.05) is 24.4 Å². The summed E-state index contributed by atoms with van der Waals surface area (Å²) in [5.74, 6) is 0.414. The van der Waals surface area contributed by atoms with Gasteiger partial charge in [0.05, 0.1) is 19.9 Å². The van der Waals surface area contributed by atoms with Crippen molar-refractivity contribution < 1.29 is 19.1 Å². The van der Waals surface area contributed by atoms with Crippen molar-refractivity contribution in [2.75, 3.05) is 26.1 Å². The quantitative estimate of drug-likeness (QED) is 0.660. The van der Waals surface area contributed by atoms with Crippen LogP contribution in [0.1, 0.15) is 47.0 Å². The Balaban J connectivity index is 2.10. The Labute approximate surface area is 159 Å². The van der Waals surface area contributed by atoms with Crippen molar-refractivity contribution in [3.63, 3.8) is 0 Å². The molecule has 7 nitrogen and oxygen atoms in total. The molecule has 1 aromatic carbocycles. The lowest BCUT2D eigenvalue weighted by molar-refractivity contribution is 0.0953. The summed E-state index contributed by atoms with van der Waals surface area (Å²) in [6.45, 7) is 2.71. The highest BCUT2D eigenvalue weighted by molar-refractivity contribution is 6.05. The standard InChI is InChI=1S/C20H25N3O4/c1-4-5-6-10-22-19(24)14-9-11-21-17(12-14)20(25)23-16-13-15(26-2)7-8-18(16)27-3/h7-9,11-13H,4-6,10H2,1-3H3,(H,22,24)(H,23,25). The molecule has 0 atom stereocenters. The SMILES string of the molecule is CCCCCNC(=O)c1ccnc(C(=O)Nc2cc(OC)ccc2OC)c1. The molecule has 27 heavy (non-hydrogen) atoms. The number of ether oxygens (including phenoxy) is 2. The van der Waals surface area contributed by atoms with E-state index in [0.29, 0.717) is 29.3 Å². The lowest BCUT2D eigenvalue weighted by atomic mass is 10.2. The number of hydrogen-bond acceptors (Lipinski definition) is 5. The van der Waals surface area contributed by atoms with Crippen molar-refractivity contribution in [3.05, 3.63) is 47.8 Å². The maximum Gasteiger partial charge on any atom is 0.274 e. The van der Waals surface area contributed by atoms with Crippen LogP contribution in [-0.4, -0.2) is 37.6 Å². The van der Waals surface area contributed by atoms with Gasteiger partial charge in [0.1, 0.15) is 17.2 Å². The predicted molar refractivity (Wildman–Crippen MR) is 104 cm³/mol. The van der Waals surface area contributed by atoms with E-state index >= 15 is 0 Å². The Morgan fingerprint density at radius 3 is 2.56 bits per heavy atom. The maximum atomic E-state index is 12.6. The second-order valence-corrected chi connectivity index (χ2v) is 5.91. The van der Waals surface area contributed by atoms with E-state index in [0.717, 1.165) is 19.3 Å². The molecule has 2 amide bonds. The Bertz CT molecular complexity index is 793. The Hall–Kier alpha value is -3.09. The van der Waals surface area contributed by atoms with Gasteiger partial charge in [-0.05, 0) is 30.7 Å². The lowest BCUT2D eigenvalue weighted by Gasteiger charge is -2.12. The number of anilines is 1. The molecule has 0 saturated carbocycles. The summed E-state index contributed by atoms with van der Waals surface area (Å²) in [7, 11) is 3.05. The van der Waals surface area contributed by atoms with Crippen LogP contribution in [0.2, 0.25) is 0 Å². The van der Waals surface area contributed by atoms with Crippen LogP contribution < -0.4 is 20.1 Å². The minimum atomic E-state index is -0.442. The molecule has 0 bridgehead atoms. The van der Waals surface area contributed by atoms with Crippen LogP contribution in [0.5, 0.6) is 11.5 Å². The molecule has 0 unspecified atom stereocenters. The van der Waals surface area contributed by atoms with Gasteiger partial charge in [0.25, 0.3) is 11.8 Å². The summed E-state index contributed by atoms with van der Waals surface area (Å²) in [6, 6.07) is 8.13. The minimum Gasteiger partial charge on any atom is -0.497 e. The first-order chi connectivity index (χ1) is 13.1. The number of carbonyl (C=O) groups excluding carboxylic acids is 2. The average Bonchev–Trinajstić information content (AvgIpc) is 2.71. The molecule has 0 fully saturated rings. The molecule has 0 saturated heterocycles. The van der Waals surface area contributed by atoms with E-state index in [2.05, 4.69) is 22.5 Å². The molecule has 0 radical (unpaired) electrons. The fourth-order valence-electron chi connectivity index (χ4n) is 2.47. The van der Waals surface area contributed by atoms with Crippen molar-refractivity contribution in [2.24, 2.45) is 0 Å². The van der Waals surface area contributed by atoms with Crippen molar-refractivity contribution >= 4 is 17.5 Å². The van der Waals surface area contributed by atoms with Crippen LogP contribution in [-0.2, 0) is 0 Å². The van der Waals surface area contributed by atoms with Crippen LogP contribution in [0.4, 0.5) is 5.69 Å². The molecule has 0 aliphatic carbocycles. The summed E-state index contributed by atoms with van der Waals surface area (Å²) < 4.78 is 10.4. The largest absolute Gasteiger partial charge is 0.497 e. The van der Waals surface area contributed by atoms with Gasteiger partial charge in [-0.3, -0.25) is 14.6 Å². The zero-order valence-electron chi connectivity index (χ0n) is 15.9. The van der Waals surface area contributed by atoms with E-state index in [-0.39, 0.29) is 11.6 Å². The van der Waals surface area contributed by atoms with E-state index < -0.39 is 5.91 Å². The fourth-order valence-corrected chi connectivity index (χ4v) is 2.47. The maximum absolute atomic E-state index is 12.6. The molecule has 2 rings (SSSR count). The van der Waals surface area contributed by atoms with Gasteiger partial charge in [-0.15, -0.1) is 0 Å². The van der Waals surface area contributed by atoms with Crippen molar-refractivity contribution in [1.29, 1.82) is 0 Å². The molecule has 2 N–H and O–H groups in total. The fraction of sp³-hybridized carbons (Fsp3) is 0.350. The van der Waals surface area contributed by atoms with Gasteiger partial charge < -0.3 is 20.1 Å². The number of carbonyl (C=O) groups is 2. The van der Waals surface area contributed by atoms with Gasteiger partial charge >= 0.3 is 0 Å². The Kier molecular flexibility index (Phi) is 7.61. The number of pyridine rings is 1. The zero-order chi connectivity index (χ0) is 19.6. The summed E-state index contributed by atoms with van der Waals surface area (Å²) in [4.78, 5) is 28.8. The number of nitrogens with one attached hydrogen (secondary N) is 2. The normalized spacial score (nSPS) is 10.2. The smallest absolute Gasteiger partial charge is 0.274 e. The summed E-state index contributed by atoms with van der Waals surface area (Å²) >= 11 is 0. The zero-order valence-corrected chi connectivity index (χ0v) is 15.9. The second kappa shape index (κ2) is 10.2. The first kappa shape index (κ1) is 20.2. The number of nitrogens with zero attached hydrogens (tertiary/aromatic N) is 1. The highest BCUT2D eigenvalue weighted by Gasteiger charge is 2.14. The number of amides is 2. The van der Waals surface area contributed by atoms with E-state index in [1.54, 1.807) is 24.3 Å². The number of aromatic nitrogens is 1. The third-order valence-corrected chi connectivity index (χ3v) is 3.98. The molecule has 144 valence electrons. The van der Waals surface area contributed by atoms with Crippen LogP contribution in [0.15, 0.2) is 36.5 Å². The molecular formula is C20H25N3O4. The first-order valence-corrected chi connectivity index (χ1v) is 8.86. The average molecular weight is 371 g/mol. The van der Waals surface area contributed by atoms with Crippen LogP contribution in [0.3, 0.4) is 0 Å². The van der Waals surface area contributed by atoms with Crippen LogP contribution in [0, 0.1) is 0 Å². The molecule has 0 spiro atoms. The monoisotopic (exact) mass is 371 g/mol. The summed E-state index contributed by atoms with van der Waals surface area (Å²) in [6.07, 6.45) is 4.52. The third kappa shape index (κ3) is 5.70. The van der Waals surface area contributed by atoms with Gasteiger partial charge in [-0.25, -0.2) is 0 Å². The van der Waals surface area contributed by atoms with E-state index in [1.165, 1.54) is 26.5 Å². The van der Waals surface area contributed by atoms with Crippen molar-refractivity contribution in [3.8, 4) is 11.5 Å². The van der Waals surface area contributed by atoms with Gasteiger partial charge in [-0.2, -0.15) is 0 Å². The first-order valence-electron chi connectivity index (χ1n) is 8.86. The van der Waals surface area contributed by atoms with Crippen LogP contribution in [0.25, 0.3) is 0 Å². The summed E-state index contributed by atoms with van der Waals surface area (Å²) in [5.41, 5.74) is 0.989. The molecule has 1 aromatic heterocycles. The number of unbranched alkanes of at least 4 members (excludes halogenated alkanes) is 2. The Morgan fingerprint density at radius 2 is 1.85 bits per heavy atom. The lowest BCUT2D eigenvalue weighted by Crippen LogP contribution is -2.25. The highest BCUT2D eigenvalue weighted by Crippen LogP contribution is 2.29. The van der Waals surface area contributed by atoms with Crippen molar-refractivity contribution in [1.82, 2.24) is 10.3 Å². The van der Waals surface area contributed by atoms with Gasteiger partial charge in [-0.1, -0.05) is 19.8 Å². The number of benzene rings is 1. The molecule has 0 aliphatic heterocycles. The summed E-state index contributed by atoms with van der Waals surface area (Å²) in [5, 5.41) is 5.59. The van der Waals surface area contributed by atoms with E-state index in [1.807, 2.05) is 0 Å². The van der Waals surface area contributed by atoms with Crippen LogP contribution >= 0.6 is 0 Å². The Morgan fingerprint density at radius 1 is 1.04 bits per heavy atom. The number of methoxy groups -OCH3 is 2. The minimum absolute atomic E-state index is 0.140.